The fourth-order valence-corrected chi connectivity index (χ4v) is 1.73. The summed E-state index contributed by atoms with van der Waals surface area (Å²) in [5.74, 6) is -0.943. The summed E-state index contributed by atoms with van der Waals surface area (Å²) in [5, 5.41) is 20.1. The van der Waals surface area contributed by atoms with Crippen LogP contribution in [0.5, 0.6) is 0 Å². The highest BCUT2D eigenvalue weighted by Crippen LogP contribution is 2.13. The Morgan fingerprint density at radius 2 is 2.44 bits per heavy atom. The van der Waals surface area contributed by atoms with Crippen molar-refractivity contribution < 1.29 is 14.6 Å². The average Bonchev–Trinajstić information content (AvgIpc) is 2.62. The van der Waals surface area contributed by atoms with Gasteiger partial charge in [0.2, 0.25) is 5.16 Å². The predicted molar refractivity (Wildman–Crippen MR) is 57.3 cm³/mol. The Morgan fingerprint density at radius 1 is 1.69 bits per heavy atom. The number of rotatable bonds is 7. The van der Waals surface area contributed by atoms with Gasteiger partial charge >= 0.3 is 5.97 Å². The van der Waals surface area contributed by atoms with E-state index >= 15 is 0 Å². The molecular formula is C8H14N4O3S. The van der Waals surface area contributed by atoms with Gasteiger partial charge in [-0.15, -0.1) is 5.10 Å². The third kappa shape index (κ3) is 4.15. The number of nitrogens with zero attached hydrogens (tertiary/aromatic N) is 4. The number of thioether (sulfide) groups is 1. The quantitative estimate of drug-likeness (QED) is 0.691. The SMILES string of the molecule is CCOC(C)Cn1nnnc1SCC(=O)O. The largest absolute Gasteiger partial charge is 0.481 e. The molecule has 0 bridgehead atoms. The molecule has 0 aromatic carbocycles. The third-order valence-electron chi connectivity index (χ3n) is 1.71. The van der Waals surface area contributed by atoms with Crippen molar-refractivity contribution in [1.29, 1.82) is 0 Å². The van der Waals surface area contributed by atoms with E-state index in [1.807, 2.05) is 13.8 Å². The van der Waals surface area contributed by atoms with Crippen LogP contribution in [0.25, 0.3) is 0 Å². The van der Waals surface area contributed by atoms with E-state index in [0.717, 1.165) is 11.8 Å². The topological polar surface area (TPSA) is 90.1 Å². The predicted octanol–water partition coefficient (Wildman–Crippen LogP) is 0.275. The van der Waals surface area contributed by atoms with Crippen molar-refractivity contribution in [2.24, 2.45) is 0 Å². The van der Waals surface area contributed by atoms with Crippen molar-refractivity contribution in [3.8, 4) is 0 Å². The number of aliphatic carboxylic acids is 1. The van der Waals surface area contributed by atoms with Crippen LogP contribution < -0.4 is 0 Å². The van der Waals surface area contributed by atoms with Crippen LogP contribution in [0.3, 0.4) is 0 Å². The maximum Gasteiger partial charge on any atom is 0.313 e. The minimum Gasteiger partial charge on any atom is -0.481 e. The molecule has 0 aliphatic heterocycles. The van der Waals surface area contributed by atoms with Gasteiger partial charge in [-0.1, -0.05) is 11.8 Å². The second-order valence-corrected chi connectivity index (χ2v) is 4.03. The summed E-state index contributed by atoms with van der Waals surface area (Å²) in [4.78, 5) is 10.4. The molecule has 0 fully saturated rings. The van der Waals surface area contributed by atoms with Crippen LogP contribution in [0.15, 0.2) is 5.16 Å². The number of carboxylic acids is 1. The van der Waals surface area contributed by atoms with Crippen LogP contribution in [0.1, 0.15) is 13.8 Å². The fourth-order valence-electron chi connectivity index (χ4n) is 1.12. The molecule has 1 N–H and O–H groups in total. The maximum absolute atomic E-state index is 10.4. The number of hydrogen-bond acceptors (Lipinski definition) is 6. The average molecular weight is 246 g/mol. The zero-order chi connectivity index (χ0) is 12.0. The number of aromatic nitrogens is 4. The molecule has 0 radical (unpaired) electrons. The van der Waals surface area contributed by atoms with Crippen LogP contribution in [0.4, 0.5) is 0 Å². The monoisotopic (exact) mass is 246 g/mol. The smallest absolute Gasteiger partial charge is 0.313 e. The van der Waals surface area contributed by atoms with Gasteiger partial charge in [-0.3, -0.25) is 4.79 Å². The Morgan fingerprint density at radius 3 is 3.06 bits per heavy atom. The second-order valence-electron chi connectivity index (χ2n) is 3.09. The first-order valence-corrected chi connectivity index (χ1v) is 5.84. The van der Waals surface area contributed by atoms with E-state index in [1.165, 1.54) is 0 Å². The van der Waals surface area contributed by atoms with Crippen molar-refractivity contribution in [2.75, 3.05) is 12.4 Å². The van der Waals surface area contributed by atoms with Crippen molar-refractivity contribution in [1.82, 2.24) is 20.2 Å². The van der Waals surface area contributed by atoms with Gasteiger partial charge in [0.15, 0.2) is 0 Å². The molecule has 1 aromatic heterocycles. The minimum atomic E-state index is -0.891. The molecule has 1 aromatic rings. The van der Waals surface area contributed by atoms with E-state index in [9.17, 15) is 4.79 Å². The summed E-state index contributed by atoms with van der Waals surface area (Å²) in [6, 6.07) is 0. The minimum absolute atomic E-state index is 0.00215. The fraction of sp³-hybridized carbons (Fsp3) is 0.750. The molecule has 7 nitrogen and oxygen atoms in total. The highest BCUT2D eigenvalue weighted by molar-refractivity contribution is 7.99. The normalized spacial score (nSPS) is 12.6. The molecule has 0 saturated carbocycles. The summed E-state index contributed by atoms with van der Waals surface area (Å²) in [6.07, 6.45) is -0.00215. The molecule has 8 heteroatoms. The van der Waals surface area contributed by atoms with E-state index in [4.69, 9.17) is 9.84 Å². The Balaban J connectivity index is 2.52. The number of tetrazole rings is 1. The van der Waals surface area contributed by atoms with Gasteiger partial charge in [-0.05, 0) is 24.3 Å². The van der Waals surface area contributed by atoms with E-state index < -0.39 is 5.97 Å². The maximum atomic E-state index is 10.4. The lowest BCUT2D eigenvalue weighted by molar-refractivity contribution is -0.133. The van der Waals surface area contributed by atoms with Gasteiger partial charge in [0.25, 0.3) is 0 Å². The van der Waals surface area contributed by atoms with Crippen LogP contribution in [-0.2, 0) is 16.1 Å². The van der Waals surface area contributed by atoms with Crippen LogP contribution in [0.2, 0.25) is 0 Å². The van der Waals surface area contributed by atoms with Gasteiger partial charge in [0.05, 0.1) is 18.4 Å². The van der Waals surface area contributed by atoms with E-state index in [1.54, 1.807) is 4.68 Å². The molecular weight excluding hydrogens is 232 g/mol. The Kier molecular flexibility index (Phi) is 5.20. The van der Waals surface area contributed by atoms with Gasteiger partial charge < -0.3 is 9.84 Å². The lowest BCUT2D eigenvalue weighted by atomic mass is 10.4. The zero-order valence-corrected chi connectivity index (χ0v) is 9.98. The lowest BCUT2D eigenvalue weighted by Crippen LogP contribution is -2.18. The highest BCUT2D eigenvalue weighted by atomic mass is 32.2. The summed E-state index contributed by atoms with van der Waals surface area (Å²) in [6.45, 7) is 4.97. The number of ether oxygens (including phenoxy) is 1. The van der Waals surface area contributed by atoms with Crippen LogP contribution >= 0.6 is 11.8 Å². The lowest BCUT2D eigenvalue weighted by Gasteiger charge is -2.11. The molecule has 1 unspecified atom stereocenters. The van der Waals surface area contributed by atoms with Crippen molar-refractivity contribution >= 4 is 17.7 Å². The van der Waals surface area contributed by atoms with Gasteiger partial charge in [-0.2, -0.15) is 0 Å². The zero-order valence-electron chi connectivity index (χ0n) is 9.16. The van der Waals surface area contributed by atoms with Crippen LogP contribution in [0, 0.1) is 0 Å². The van der Waals surface area contributed by atoms with Crippen molar-refractivity contribution in [3.63, 3.8) is 0 Å². The number of carboxylic acid groups (broad SMARTS) is 1. The molecule has 0 aliphatic rings. The van der Waals surface area contributed by atoms with Gasteiger partial charge in [-0.25, -0.2) is 4.68 Å². The molecule has 16 heavy (non-hydrogen) atoms. The van der Waals surface area contributed by atoms with Gasteiger partial charge in [0, 0.05) is 6.61 Å². The summed E-state index contributed by atoms with van der Waals surface area (Å²) >= 11 is 1.09. The molecule has 90 valence electrons. The first-order chi connectivity index (χ1) is 7.63. The molecule has 1 rings (SSSR count). The molecule has 0 aliphatic carbocycles. The Labute approximate surface area is 97.2 Å². The second kappa shape index (κ2) is 6.44. The number of hydrogen-bond donors (Lipinski definition) is 1. The standard InChI is InChI=1S/C8H14N4O3S/c1-3-15-6(2)4-12-8(9-10-11-12)16-5-7(13)14/h6H,3-5H2,1-2H3,(H,13,14). The first-order valence-electron chi connectivity index (χ1n) is 4.85. The molecule has 1 heterocycles. The van der Waals surface area contributed by atoms with E-state index in [0.29, 0.717) is 18.3 Å². The van der Waals surface area contributed by atoms with Crippen molar-refractivity contribution in [3.05, 3.63) is 0 Å². The van der Waals surface area contributed by atoms with E-state index in [-0.39, 0.29) is 11.9 Å². The number of carbonyl (C=O) groups is 1. The molecule has 0 saturated heterocycles. The summed E-state index contributed by atoms with van der Waals surface area (Å²) in [5.41, 5.74) is 0. The summed E-state index contributed by atoms with van der Waals surface area (Å²) < 4.78 is 6.90. The Bertz CT molecular complexity index is 344. The van der Waals surface area contributed by atoms with Crippen LogP contribution in [-0.4, -0.2) is 49.7 Å². The summed E-state index contributed by atoms with van der Waals surface area (Å²) in [7, 11) is 0. The molecule has 1 atom stereocenters. The Hall–Kier alpha value is -1.15. The third-order valence-corrected chi connectivity index (χ3v) is 2.65. The molecule has 0 spiro atoms. The van der Waals surface area contributed by atoms with E-state index in [2.05, 4.69) is 15.5 Å². The molecule has 0 amide bonds. The van der Waals surface area contributed by atoms with Gasteiger partial charge in [0.1, 0.15) is 0 Å². The highest BCUT2D eigenvalue weighted by Gasteiger charge is 2.11. The first kappa shape index (κ1) is 12.9. The van der Waals surface area contributed by atoms with Crippen molar-refractivity contribution in [2.45, 2.75) is 31.7 Å².